The van der Waals surface area contributed by atoms with E-state index in [-0.39, 0.29) is 22.3 Å². The lowest BCUT2D eigenvalue weighted by atomic mass is 9.86. The van der Waals surface area contributed by atoms with Gasteiger partial charge in [-0.2, -0.15) is 0 Å². The van der Waals surface area contributed by atoms with Gasteiger partial charge >= 0.3 is 0 Å². The summed E-state index contributed by atoms with van der Waals surface area (Å²) in [6.45, 7) is 46.8. The molecule has 0 aliphatic rings. The minimum Gasteiger partial charge on any atom is -0.493 e. The molecule has 2 atom stereocenters. The van der Waals surface area contributed by atoms with Crippen molar-refractivity contribution >= 4 is 5.69 Å². The van der Waals surface area contributed by atoms with Gasteiger partial charge in [0.2, 0.25) is 0 Å². The van der Waals surface area contributed by atoms with E-state index >= 15 is 0 Å². The highest BCUT2D eigenvalue weighted by molar-refractivity contribution is 5.45. The van der Waals surface area contributed by atoms with Crippen LogP contribution in [0.5, 0.6) is 0 Å². The lowest BCUT2D eigenvalue weighted by Gasteiger charge is -2.36. The number of hydrogen-bond acceptors (Lipinski definition) is 5. The van der Waals surface area contributed by atoms with Gasteiger partial charge in [0, 0.05) is 49.5 Å². The molecule has 2 unspecified atom stereocenters. The van der Waals surface area contributed by atoms with Crippen molar-refractivity contribution in [3.05, 3.63) is 53.9 Å². The number of terminal acetylenes is 1. The van der Waals surface area contributed by atoms with E-state index in [2.05, 4.69) is 157 Å². The van der Waals surface area contributed by atoms with Gasteiger partial charge in [0.25, 0.3) is 0 Å². The summed E-state index contributed by atoms with van der Waals surface area (Å²) >= 11 is 0. The minimum atomic E-state index is -0.273. The lowest BCUT2D eigenvalue weighted by molar-refractivity contribution is 0.0296. The molecule has 0 aliphatic carbocycles. The number of ether oxygens (including phenoxy) is 1. The first-order chi connectivity index (χ1) is 22.3. The Labute approximate surface area is 306 Å². The van der Waals surface area contributed by atoms with E-state index in [0.717, 1.165) is 76.4 Å². The van der Waals surface area contributed by atoms with E-state index in [1.165, 1.54) is 23.2 Å². The van der Waals surface area contributed by atoms with Crippen molar-refractivity contribution in [3.63, 3.8) is 0 Å². The molecule has 0 amide bonds. The van der Waals surface area contributed by atoms with Gasteiger partial charge in [0.05, 0.1) is 5.76 Å². The number of allylic oxidation sites excluding steroid dienone is 2. The van der Waals surface area contributed by atoms with Crippen molar-refractivity contribution < 1.29 is 4.74 Å². The van der Waals surface area contributed by atoms with Gasteiger partial charge in [-0.25, -0.2) is 0 Å². The maximum absolute atomic E-state index is 6.44. The van der Waals surface area contributed by atoms with Crippen LogP contribution in [0.4, 0.5) is 5.69 Å². The molecule has 1 rings (SSSR count). The molecule has 0 saturated carbocycles. The van der Waals surface area contributed by atoms with Gasteiger partial charge in [-0.1, -0.05) is 88.5 Å². The highest BCUT2D eigenvalue weighted by Gasteiger charge is 2.25. The molecular weight excluding hydrogens is 601 g/mol. The zero-order valence-corrected chi connectivity index (χ0v) is 35.1. The predicted octanol–water partition coefficient (Wildman–Crippen LogP) is 10.7. The Balaban J connectivity index is 0.0000113. The van der Waals surface area contributed by atoms with Crippen molar-refractivity contribution in [1.82, 2.24) is 14.7 Å². The third kappa shape index (κ3) is 21.4. The summed E-state index contributed by atoms with van der Waals surface area (Å²) in [5, 5.41) is 0. The second-order valence-corrected chi connectivity index (χ2v) is 19.0. The first-order valence-electron chi connectivity index (χ1n) is 18.7. The van der Waals surface area contributed by atoms with E-state index in [0.29, 0.717) is 11.5 Å². The van der Waals surface area contributed by atoms with Crippen molar-refractivity contribution in [2.24, 2.45) is 22.2 Å². The first kappa shape index (κ1) is 46.6. The summed E-state index contributed by atoms with van der Waals surface area (Å²) in [7, 11) is 2.27. The molecule has 0 heterocycles. The number of nitrogens with two attached hydrogens (primary N) is 1. The van der Waals surface area contributed by atoms with Crippen LogP contribution in [0.3, 0.4) is 0 Å². The van der Waals surface area contributed by atoms with Gasteiger partial charge in [-0.3, -0.25) is 4.90 Å². The van der Waals surface area contributed by atoms with Crippen molar-refractivity contribution in [3.8, 4) is 12.8 Å². The standard InChI is InChI=1S/C42H78N4O.C2H2/c1-18-45(31-37-27-38(43)20-19-36(37)30-41(11,12)13)23-21-35(34(4)47-42(14,15)16)22-24-46(33(3)29-40(8,9)10)26-25-44(17)32(2)28-39(5,6)7;1-2/h19-20,27,32,35H,3-4,18,21-26,28-31,43H2,1-2,5-17H3;1-2H. The largest absolute Gasteiger partial charge is 0.493 e. The monoisotopic (exact) mass is 681 g/mol. The molecular formula is C44H80N4O. The topological polar surface area (TPSA) is 45.0 Å². The third-order valence-corrected chi connectivity index (χ3v) is 8.79. The van der Waals surface area contributed by atoms with Crippen LogP contribution in [0, 0.1) is 35.0 Å². The van der Waals surface area contributed by atoms with Gasteiger partial charge in [0.1, 0.15) is 5.60 Å². The van der Waals surface area contributed by atoms with Crippen molar-refractivity contribution in [1.29, 1.82) is 0 Å². The minimum absolute atomic E-state index is 0.188. The molecule has 5 nitrogen and oxygen atoms in total. The highest BCUT2D eigenvalue weighted by atomic mass is 16.5. The first-order valence-corrected chi connectivity index (χ1v) is 18.7. The average Bonchev–Trinajstić information content (AvgIpc) is 2.92. The van der Waals surface area contributed by atoms with Crippen LogP contribution >= 0.6 is 0 Å². The van der Waals surface area contributed by atoms with Crippen LogP contribution in [-0.4, -0.2) is 66.1 Å². The number of benzene rings is 1. The Morgan fingerprint density at radius 2 is 1.39 bits per heavy atom. The number of likely N-dealkylation sites (N-methyl/N-ethyl adjacent to an activating group) is 1. The van der Waals surface area contributed by atoms with Gasteiger partial charge in [0.15, 0.2) is 0 Å². The molecule has 1 aromatic rings. The molecule has 0 bridgehead atoms. The Bertz CT molecular complexity index is 1140. The fraction of sp³-hybridized carbons (Fsp3) is 0.727. The number of nitrogens with zero attached hydrogens (tertiary/aromatic N) is 3. The van der Waals surface area contributed by atoms with E-state index in [1.807, 2.05) is 6.07 Å². The van der Waals surface area contributed by atoms with Crippen molar-refractivity contribution in [2.45, 2.75) is 147 Å². The Kier molecular flexibility index (Phi) is 19.4. The summed E-state index contributed by atoms with van der Waals surface area (Å²) in [6, 6.07) is 6.99. The molecule has 2 N–H and O–H groups in total. The Hall–Kier alpha value is -2.42. The zero-order valence-electron chi connectivity index (χ0n) is 35.1. The molecule has 49 heavy (non-hydrogen) atoms. The van der Waals surface area contributed by atoms with Crippen molar-refractivity contribution in [2.75, 3.05) is 45.5 Å². The molecule has 0 fully saturated rings. The van der Waals surface area contributed by atoms with Gasteiger partial charge < -0.3 is 20.3 Å². The summed E-state index contributed by atoms with van der Waals surface area (Å²) in [5.41, 5.74) is 11.6. The van der Waals surface area contributed by atoms with Crippen LogP contribution in [0.25, 0.3) is 0 Å². The summed E-state index contributed by atoms with van der Waals surface area (Å²) < 4.78 is 6.44. The maximum Gasteiger partial charge on any atom is 0.100 e. The van der Waals surface area contributed by atoms with E-state index in [1.54, 1.807) is 0 Å². The fourth-order valence-electron chi connectivity index (χ4n) is 6.41. The Morgan fingerprint density at radius 1 is 0.816 bits per heavy atom. The molecule has 0 radical (unpaired) electrons. The molecule has 0 aromatic heterocycles. The zero-order chi connectivity index (χ0) is 38.4. The second kappa shape index (κ2) is 20.4. The van der Waals surface area contributed by atoms with Gasteiger partial charge in [-0.15, -0.1) is 12.8 Å². The molecule has 1 aromatic carbocycles. The quantitative estimate of drug-likeness (QED) is 0.0895. The Morgan fingerprint density at radius 3 is 1.88 bits per heavy atom. The van der Waals surface area contributed by atoms with Crippen LogP contribution < -0.4 is 5.73 Å². The number of rotatable bonds is 19. The van der Waals surface area contributed by atoms with E-state index in [9.17, 15) is 0 Å². The van der Waals surface area contributed by atoms with Crippen LogP contribution in [-0.2, 0) is 17.7 Å². The van der Waals surface area contributed by atoms with Crippen LogP contribution in [0.2, 0.25) is 0 Å². The normalized spacial score (nSPS) is 13.9. The lowest BCUT2D eigenvalue weighted by Crippen LogP contribution is -2.39. The molecule has 282 valence electrons. The highest BCUT2D eigenvalue weighted by Crippen LogP contribution is 2.30. The summed E-state index contributed by atoms with van der Waals surface area (Å²) in [4.78, 5) is 7.62. The molecule has 0 saturated heterocycles. The smallest absolute Gasteiger partial charge is 0.100 e. The van der Waals surface area contributed by atoms with Crippen LogP contribution in [0.15, 0.2) is 42.8 Å². The maximum atomic E-state index is 6.44. The molecule has 0 spiro atoms. The second-order valence-electron chi connectivity index (χ2n) is 19.0. The number of nitrogen functional groups attached to an aromatic ring is 1. The summed E-state index contributed by atoms with van der Waals surface area (Å²) in [5.74, 6) is 1.16. The van der Waals surface area contributed by atoms with E-state index in [4.69, 9.17) is 10.5 Å². The SMILES string of the molecule is C#C.C=C(OC(C)(C)C)C(CCN(CC)Cc1cc(N)ccc1CC(C)(C)C)CCN(CCN(C)C(C)CC(C)(C)C)C(=C)CC(C)(C)C. The molecule has 0 aliphatic heterocycles. The number of hydrogen-bond donors (Lipinski definition) is 1. The summed E-state index contributed by atoms with van der Waals surface area (Å²) in [6.07, 6.45) is 13.2. The number of anilines is 1. The molecule has 5 heteroatoms. The third-order valence-electron chi connectivity index (χ3n) is 8.79. The average molecular weight is 681 g/mol. The van der Waals surface area contributed by atoms with Gasteiger partial charge in [-0.05, 0) is 119 Å². The predicted molar refractivity (Wildman–Crippen MR) is 219 cm³/mol. The van der Waals surface area contributed by atoms with Crippen LogP contribution in [0.1, 0.15) is 134 Å². The van der Waals surface area contributed by atoms with E-state index < -0.39 is 0 Å². The fourth-order valence-corrected chi connectivity index (χ4v) is 6.41.